The van der Waals surface area contributed by atoms with Gasteiger partial charge in [0.2, 0.25) is 0 Å². The second-order valence-corrected chi connectivity index (χ2v) is 8.12. The van der Waals surface area contributed by atoms with Crippen molar-refractivity contribution in [1.29, 1.82) is 0 Å². The van der Waals surface area contributed by atoms with Crippen LogP contribution in [0, 0.1) is 6.92 Å². The largest absolute Gasteiger partial charge is 0.467 e. The quantitative estimate of drug-likeness (QED) is 0.476. The smallest absolute Gasteiger partial charge is 0.442 e. The van der Waals surface area contributed by atoms with Crippen LogP contribution in [-0.2, 0) is 11.3 Å². The summed E-state index contributed by atoms with van der Waals surface area (Å²) in [7, 11) is 0. The first kappa shape index (κ1) is 19.3. The van der Waals surface area contributed by atoms with Gasteiger partial charge in [0, 0.05) is 12.0 Å². The highest BCUT2D eigenvalue weighted by atomic mass is 32.1. The van der Waals surface area contributed by atoms with E-state index in [2.05, 4.69) is 10.3 Å². The number of thiophene rings is 1. The van der Waals surface area contributed by atoms with Gasteiger partial charge in [-0.25, -0.2) is 14.4 Å². The van der Waals surface area contributed by atoms with E-state index in [9.17, 15) is 9.59 Å². The van der Waals surface area contributed by atoms with Crippen molar-refractivity contribution >= 4 is 23.0 Å². The van der Waals surface area contributed by atoms with Crippen LogP contribution in [0.5, 0.6) is 0 Å². The lowest BCUT2D eigenvalue weighted by atomic mass is 10.1. The van der Waals surface area contributed by atoms with Crippen molar-refractivity contribution in [3.63, 3.8) is 0 Å². The Kier molecular flexibility index (Phi) is 4.87. The van der Waals surface area contributed by atoms with Crippen molar-refractivity contribution in [3.05, 3.63) is 86.9 Å². The first-order valence-electron chi connectivity index (χ1n) is 9.71. The third kappa shape index (κ3) is 3.53. The Labute approximate surface area is 181 Å². The highest BCUT2D eigenvalue weighted by Gasteiger charge is 2.35. The molecule has 1 aromatic carbocycles. The number of benzene rings is 1. The van der Waals surface area contributed by atoms with Gasteiger partial charge < -0.3 is 4.42 Å². The van der Waals surface area contributed by atoms with E-state index in [1.807, 2.05) is 54.8 Å². The predicted octanol–water partition coefficient (Wildman–Crippen LogP) is 3.84. The van der Waals surface area contributed by atoms with Gasteiger partial charge in [0.15, 0.2) is 5.82 Å². The molecule has 1 unspecified atom stereocenters. The van der Waals surface area contributed by atoms with Crippen LogP contribution in [0.1, 0.15) is 28.7 Å². The van der Waals surface area contributed by atoms with Gasteiger partial charge in [0.25, 0.3) is 5.91 Å². The van der Waals surface area contributed by atoms with E-state index in [-0.39, 0.29) is 18.5 Å². The number of nitrogens with zero attached hydrogens (tertiary/aromatic N) is 4. The Bertz CT molecular complexity index is 1300. The molecule has 31 heavy (non-hydrogen) atoms. The second-order valence-electron chi connectivity index (χ2n) is 7.17. The summed E-state index contributed by atoms with van der Waals surface area (Å²) in [6, 6.07) is 14.6. The molecule has 1 aliphatic heterocycles. The molecule has 0 bridgehead atoms. The molecule has 0 N–H and O–H groups in total. The van der Waals surface area contributed by atoms with Crippen LogP contribution in [0.15, 0.2) is 79.0 Å². The molecule has 0 fully saturated rings. The molecule has 8 nitrogen and oxygen atoms in total. The third-order valence-corrected chi connectivity index (χ3v) is 6.13. The molecule has 1 amide bonds. The topological polar surface area (TPSA) is 93.8 Å². The first-order chi connectivity index (χ1) is 15.1. The standard InChI is InChI=1S/C22H18N4O4S/c1-14-6-2-3-7-15(14)21-24-30-22(28)25(21)13-20(27)26-17(18-8-4-10-29-18)12-16(23-26)19-9-5-11-31-19/h2-11,17H,12-13H2,1H3. The summed E-state index contributed by atoms with van der Waals surface area (Å²) in [5.74, 6) is -0.0935. The summed E-state index contributed by atoms with van der Waals surface area (Å²) >= 11 is 1.56. The van der Waals surface area contributed by atoms with Crippen molar-refractivity contribution in [1.82, 2.24) is 14.7 Å². The van der Waals surface area contributed by atoms with Crippen LogP contribution in [0.2, 0.25) is 0 Å². The number of furan rings is 1. The fourth-order valence-electron chi connectivity index (χ4n) is 3.67. The third-order valence-electron chi connectivity index (χ3n) is 5.21. The van der Waals surface area contributed by atoms with Gasteiger partial charge in [0.1, 0.15) is 18.3 Å². The molecular formula is C22H18N4O4S. The van der Waals surface area contributed by atoms with E-state index in [4.69, 9.17) is 8.94 Å². The number of hydrogen-bond donors (Lipinski definition) is 0. The molecule has 0 saturated carbocycles. The number of hydrogen-bond acceptors (Lipinski definition) is 7. The Morgan fingerprint density at radius 3 is 2.81 bits per heavy atom. The first-order valence-corrected chi connectivity index (χ1v) is 10.6. The molecule has 4 aromatic rings. The van der Waals surface area contributed by atoms with Gasteiger partial charge in [-0.1, -0.05) is 35.5 Å². The summed E-state index contributed by atoms with van der Waals surface area (Å²) in [4.78, 5) is 26.6. The van der Waals surface area contributed by atoms with Gasteiger partial charge in [-0.3, -0.25) is 9.32 Å². The SMILES string of the molecule is Cc1ccccc1-c1noc(=O)n1CC(=O)N1N=C(c2cccs2)CC1c1ccco1. The monoisotopic (exact) mass is 434 g/mol. The number of carbonyl (C=O) groups is 1. The molecule has 156 valence electrons. The Morgan fingerprint density at radius 2 is 2.06 bits per heavy atom. The molecule has 0 saturated heterocycles. The average Bonchev–Trinajstić information content (AvgIpc) is 3.56. The number of carbonyl (C=O) groups excluding carboxylic acids is 1. The van der Waals surface area contributed by atoms with Gasteiger partial charge in [-0.15, -0.1) is 11.3 Å². The minimum Gasteiger partial charge on any atom is -0.467 e. The van der Waals surface area contributed by atoms with Crippen LogP contribution in [0.25, 0.3) is 11.4 Å². The number of rotatable bonds is 5. The molecule has 4 heterocycles. The maximum absolute atomic E-state index is 13.3. The van der Waals surface area contributed by atoms with Crippen molar-refractivity contribution in [3.8, 4) is 11.4 Å². The summed E-state index contributed by atoms with van der Waals surface area (Å²) in [5, 5.41) is 11.9. The summed E-state index contributed by atoms with van der Waals surface area (Å²) < 4.78 is 11.7. The van der Waals surface area contributed by atoms with Gasteiger partial charge in [-0.05, 0) is 36.1 Å². The van der Waals surface area contributed by atoms with E-state index >= 15 is 0 Å². The molecule has 0 radical (unpaired) electrons. The van der Waals surface area contributed by atoms with Gasteiger partial charge >= 0.3 is 5.76 Å². The number of amides is 1. The van der Waals surface area contributed by atoms with E-state index in [0.29, 0.717) is 18.0 Å². The lowest BCUT2D eigenvalue weighted by Gasteiger charge is -2.20. The van der Waals surface area contributed by atoms with Gasteiger partial charge in [0.05, 0.1) is 16.9 Å². The molecule has 9 heteroatoms. The van der Waals surface area contributed by atoms with Crippen LogP contribution >= 0.6 is 11.3 Å². The van der Waals surface area contributed by atoms with Crippen molar-refractivity contribution in [2.24, 2.45) is 5.10 Å². The zero-order valence-corrected chi connectivity index (χ0v) is 17.4. The normalized spacial score (nSPS) is 16.0. The Morgan fingerprint density at radius 1 is 1.19 bits per heavy atom. The van der Waals surface area contributed by atoms with Crippen molar-refractivity contribution < 1.29 is 13.7 Å². The highest BCUT2D eigenvalue weighted by molar-refractivity contribution is 7.12. The average molecular weight is 434 g/mol. The predicted molar refractivity (Wildman–Crippen MR) is 115 cm³/mol. The van der Waals surface area contributed by atoms with Gasteiger partial charge in [-0.2, -0.15) is 5.10 Å². The maximum Gasteiger partial charge on any atom is 0.442 e. The van der Waals surface area contributed by atoms with E-state index in [1.165, 1.54) is 9.58 Å². The van der Waals surface area contributed by atoms with Crippen LogP contribution in [-0.4, -0.2) is 26.4 Å². The Balaban J connectivity index is 1.49. The minimum atomic E-state index is -0.692. The summed E-state index contributed by atoms with van der Waals surface area (Å²) in [6.45, 7) is 1.66. The molecule has 1 atom stereocenters. The maximum atomic E-state index is 13.3. The minimum absolute atomic E-state index is 0.246. The van der Waals surface area contributed by atoms with E-state index in [0.717, 1.165) is 21.7 Å². The number of hydrazone groups is 1. The summed E-state index contributed by atoms with van der Waals surface area (Å²) in [6.07, 6.45) is 2.10. The molecule has 0 spiro atoms. The lowest BCUT2D eigenvalue weighted by molar-refractivity contribution is -0.134. The molecule has 5 rings (SSSR count). The summed E-state index contributed by atoms with van der Waals surface area (Å²) in [5.41, 5.74) is 2.46. The zero-order valence-electron chi connectivity index (χ0n) is 16.6. The second kappa shape index (κ2) is 7.84. The van der Waals surface area contributed by atoms with E-state index in [1.54, 1.807) is 23.7 Å². The highest BCUT2D eigenvalue weighted by Crippen LogP contribution is 2.34. The van der Waals surface area contributed by atoms with Crippen molar-refractivity contribution in [2.75, 3.05) is 0 Å². The molecule has 0 aliphatic carbocycles. The number of aromatic nitrogens is 2. The van der Waals surface area contributed by atoms with Crippen molar-refractivity contribution in [2.45, 2.75) is 25.9 Å². The molecular weight excluding hydrogens is 416 g/mol. The van der Waals surface area contributed by atoms with Crippen LogP contribution in [0.4, 0.5) is 0 Å². The van der Waals surface area contributed by atoms with Crippen LogP contribution in [0.3, 0.4) is 0 Å². The lowest BCUT2D eigenvalue weighted by Crippen LogP contribution is -2.33. The zero-order chi connectivity index (χ0) is 21.4. The van der Waals surface area contributed by atoms with E-state index < -0.39 is 5.76 Å². The Hall–Kier alpha value is -3.72. The fourth-order valence-corrected chi connectivity index (χ4v) is 4.39. The molecule has 3 aromatic heterocycles. The fraction of sp³-hybridized carbons (Fsp3) is 0.182. The molecule has 1 aliphatic rings. The van der Waals surface area contributed by atoms with Crippen LogP contribution < -0.4 is 5.76 Å². The number of aryl methyl sites for hydroxylation is 1.